The molecule has 0 N–H and O–H groups in total. The van der Waals surface area contributed by atoms with Gasteiger partial charge >= 0.3 is 17.9 Å². The Bertz CT molecular complexity index is 1210. The predicted octanol–water partition coefficient (Wildman–Crippen LogP) is 17.8. The van der Waals surface area contributed by atoms with Crippen LogP contribution in [0.25, 0.3) is 0 Å². The van der Waals surface area contributed by atoms with E-state index in [-0.39, 0.29) is 31.1 Å². The number of carbonyl (C=O) groups is 3. The third kappa shape index (κ3) is 49.9. The van der Waals surface area contributed by atoms with Gasteiger partial charge in [0.15, 0.2) is 6.10 Å². The van der Waals surface area contributed by atoms with E-state index >= 15 is 0 Å². The highest BCUT2D eigenvalue weighted by molar-refractivity contribution is 5.71. The number of unbranched alkanes of at least 4 members (excludes halogenated alkanes) is 25. The van der Waals surface area contributed by atoms with Gasteiger partial charge in [0.2, 0.25) is 0 Å². The zero-order chi connectivity index (χ0) is 46.5. The lowest BCUT2D eigenvalue weighted by Crippen LogP contribution is -2.30. The molecule has 0 aromatic carbocycles. The molecule has 6 nitrogen and oxygen atoms in total. The first-order valence-corrected chi connectivity index (χ1v) is 26.9. The van der Waals surface area contributed by atoms with Crippen molar-refractivity contribution in [3.63, 3.8) is 0 Å². The fourth-order valence-electron chi connectivity index (χ4n) is 7.45. The molecule has 0 aromatic rings. The van der Waals surface area contributed by atoms with E-state index in [4.69, 9.17) is 14.2 Å². The Kier molecular flexibility index (Phi) is 49.9. The highest BCUT2D eigenvalue weighted by atomic mass is 16.6. The smallest absolute Gasteiger partial charge is 0.306 e. The molecule has 0 aliphatic carbocycles. The monoisotopic (exact) mass is 893 g/mol. The van der Waals surface area contributed by atoms with Gasteiger partial charge in [-0.15, -0.1) is 0 Å². The Balaban J connectivity index is 4.34. The molecule has 1 unspecified atom stereocenters. The largest absolute Gasteiger partial charge is 0.462 e. The lowest BCUT2D eigenvalue weighted by molar-refractivity contribution is -0.167. The van der Waals surface area contributed by atoms with E-state index in [1.54, 1.807) is 0 Å². The van der Waals surface area contributed by atoms with Crippen LogP contribution in [0.4, 0.5) is 0 Å². The number of allylic oxidation sites excluding steroid dienone is 12. The van der Waals surface area contributed by atoms with Crippen LogP contribution in [0.3, 0.4) is 0 Å². The van der Waals surface area contributed by atoms with Gasteiger partial charge in [0.25, 0.3) is 0 Å². The molecular weight excluding hydrogens is 793 g/mol. The van der Waals surface area contributed by atoms with Crippen molar-refractivity contribution in [2.24, 2.45) is 0 Å². The van der Waals surface area contributed by atoms with Crippen molar-refractivity contribution in [3.05, 3.63) is 72.9 Å². The maximum Gasteiger partial charge on any atom is 0.306 e. The zero-order valence-corrected chi connectivity index (χ0v) is 42.0. The number of hydrogen-bond acceptors (Lipinski definition) is 6. The molecule has 0 aliphatic heterocycles. The highest BCUT2D eigenvalue weighted by Gasteiger charge is 2.19. The molecule has 0 aliphatic rings. The predicted molar refractivity (Wildman–Crippen MR) is 274 cm³/mol. The SMILES string of the molecule is CC/C=C\C/C=C\C/C=C\C/C=C\C/C=C\C/C=C\CCCCCCC(=O)OCC(COC(=O)CCCCCCCCCCCC)OC(=O)CCCCCCCCCCCCCCC. The van der Waals surface area contributed by atoms with Gasteiger partial charge < -0.3 is 14.2 Å². The fraction of sp³-hybridized carbons (Fsp3) is 0.741. The normalized spacial score (nSPS) is 12.6. The molecule has 0 amide bonds. The van der Waals surface area contributed by atoms with E-state index in [2.05, 4.69) is 93.7 Å². The van der Waals surface area contributed by atoms with Gasteiger partial charge in [0, 0.05) is 19.3 Å². The minimum absolute atomic E-state index is 0.0805. The summed E-state index contributed by atoms with van der Waals surface area (Å²) in [5, 5.41) is 0. The quantitative estimate of drug-likeness (QED) is 0.0262. The van der Waals surface area contributed by atoms with Gasteiger partial charge in [-0.25, -0.2) is 0 Å². The molecule has 0 aromatic heterocycles. The molecule has 0 saturated carbocycles. The van der Waals surface area contributed by atoms with E-state index in [9.17, 15) is 14.4 Å². The van der Waals surface area contributed by atoms with Crippen molar-refractivity contribution in [3.8, 4) is 0 Å². The molecule has 368 valence electrons. The molecule has 0 spiro atoms. The third-order valence-corrected chi connectivity index (χ3v) is 11.5. The number of rotatable bonds is 48. The van der Waals surface area contributed by atoms with Gasteiger partial charge in [-0.1, -0.05) is 241 Å². The molecular formula is C58H100O6. The molecule has 64 heavy (non-hydrogen) atoms. The zero-order valence-electron chi connectivity index (χ0n) is 42.0. The molecule has 0 radical (unpaired) electrons. The number of ether oxygens (including phenoxy) is 3. The Hall–Kier alpha value is -3.15. The van der Waals surface area contributed by atoms with E-state index in [1.807, 2.05) is 0 Å². The third-order valence-electron chi connectivity index (χ3n) is 11.5. The maximum absolute atomic E-state index is 12.8. The van der Waals surface area contributed by atoms with Crippen LogP contribution in [0, 0.1) is 0 Å². The topological polar surface area (TPSA) is 78.9 Å². The summed E-state index contributed by atoms with van der Waals surface area (Å²) in [7, 11) is 0. The summed E-state index contributed by atoms with van der Waals surface area (Å²) in [5.41, 5.74) is 0. The first kappa shape index (κ1) is 60.9. The second-order valence-electron chi connectivity index (χ2n) is 17.8. The molecule has 0 heterocycles. The molecule has 1 atom stereocenters. The van der Waals surface area contributed by atoms with Crippen molar-refractivity contribution in [1.82, 2.24) is 0 Å². The summed E-state index contributed by atoms with van der Waals surface area (Å²) >= 11 is 0. The Morgan fingerprint density at radius 2 is 0.609 bits per heavy atom. The first-order chi connectivity index (χ1) is 31.5. The van der Waals surface area contributed by atoms with Crippen molar-refractivity contribution < 1.29 is 28.6 Å². The Morgan fingerprint density at radius 3 is 0.953 bits per heavy atom. The van der Waals surface area contributed by atoms with Crippen LogP contribution >= 0.6 is 0 Å². The van der Waals surface area contributed by atoms with Crippen LogP contribution in [0.15, 0.2) is 72.9 Å². The molecule has 0 fully saturated rings. The first-order valence-electron chi connectivity index (χ1n) is 26.9. The van der Waals surface area contributed by atoms with E-state index < -0.39 is 6.10 Å². The average molecular weight is 893 g/mol. The van der Waals surface area contributed by atoms with Crippen molar-refractivity contribution in [2.45, 2.75) is 264 Å². The summed E-state index contributed by atoms with van der Waals surface area (Å²) in [4.78, 5) is 37.9. The second kappa shape index (κ2) is 52.5. The van der Waals surface area contributed by atoms with Crippen LogP contribution in [0.2, 0.25) is 0 Å². The van der Waals surface area contributed by atoms with E-state index in [1.165, 1.54) is 109 Å². The summed E-state index contributed by atoms with van der Waals surface area (Å²) in [5.74, 6) is -0.902. The Labute approximate surface area is 395 Å². The van der Waals surface area contributed by atoms with Crippen molar-refractivity contribution in [1.29, 1.82) is 0 Å². The van der Waals surface area contributed by atoms with Gasteiger partial charge in [0.05, 0.1) is 0 Å². The van der Waals surface area contributed by atoms with Crippen molar-refractivity contribution >= 4 is 17.9 Å². The van der Waals surface area contributed by atoms with Crippen molar-refractivity contribution in [2.75, 3.05) is 13.2 Å². The summed E-state index contributed by atoms with van der Waals surface area (Å²) in [6.07, 6.45) is 66.0. The van der Waals surface area contributed by atoms with Gasteiger partial charge in [-0.3, -0.25) is 14.4 Å². The van der Waals surface area contributed by atoms with E-state index in [0.717, 1.165) is 109 Å². The molecule has 0 saturated heterocycles. The summed E-state index contributed by atoms with van der Waals surface area (Å²) in [6, 6.07) is 0. The number of hydrogen-bond donors (Lipinski definition) is 0. The average Bonchev–Trinajstić information content (AvgIpc) is 3.29. The standard InChI is InChI=1S/C58H100O6/c1-4-7-10-13-16-19-22-24-25-26-27-28-29-30-31-32-33-35-36-39-42-45-48-51-57(60)63-54-55(53-62-56(59)50-47-44-41-38-21-18-15-12-9-6-3)64-58(61)52-49-46-43-40-37-34-23-20-17-14-11-8-5-2/h7,10,16,19,24-25,27-28,30-31,33,35,55H,4-6,8-9,11-15,17-18,20-23,26,29,32,34,36-54H2,1-3H3/b10-7-,19-16-,25-24-,28-27-,31-30-,35-33-. The van der Waals surface area contributed by atoms with Crippen LogP contribution in [-0.4, -0.2) is 37.2 Å². The van der Waals surface area contributed by atoms with Crippen LogP contribution in [0.5, 0.6) is 0 Å². The lowest BCUT2D eigenvalue weighted by Gasteiger charge is -2.18. The number of esters is 3. The van der Waals surface area contributed by atoms with Crippen LogP contribution < -0.4 is 0 Å². The maximum atomic E-state index is 12.8. The lowest BCUT2D eigenvalue weighted by atomic mass is 10.0. The fourth-order valence-corrected chi connectivity index (χ4v) is 7.45. The van der Waals surface area contributed by atoms with Gasteiger partial charge in [-0.05, 0) is 70.6 Å². The second-order valence-corrected chi connectivity index (χ2v) is 17.8. The molecule has 0 rings (SSSR count). The number of carbonyl (C=O) groups excluding carboxylic acids is 3. The molecule has 6 heteroatoms. The summed E-state index contributed by atoms with van der Waals surface area (Å²) in [6.45, 7) is 6.50. The van der Waals surface area contributed by atoms with Gasteiger partial charge in [-0.2, -0.15) is 0 Å². The van der Waals surface area contributed by atoms with E-state index in [0.29, 0.717) is 19.3 Å². The van der Waals surface area contributed by atoms with Crippen LogP contribution in [0.1, 0.15) is 258 Å². The highest BCUT2D eigenvalue weighted by Crippen LogP contribution is 2.15. The van der Waals surface area contributed by atoms with Crippen LogP contribution in [-0.2, 0) is 28.6 Å². The van der Waals surface area contributed by atoms with Gasteiger partial charge in [0.1, 0.15) is 13.2 Å². The minimum atomic E-state index is -0.781. The Morgan fingerprint density at radius 1 is 0.328 bits per heavy atom. The molecule has 0 bridgehead atoms. The minimum Gasteiger partial charge on any atom is -0.462 e. The summed E-state index contributed by atoms with van der Waals surface area (Å²) < 4.78 is 16.8.